The Labute approximate surface area is 242 Å². The molecule has 0 saturated heterocycles. The first-order valence-electron chi connectivity index (χ1n) is 12.1. The van der Waals surface area contributed by atoms with Gasteiger partial charge in [-0.1, -0.05) is 36.4 Å². The molecule has 0 atom stereocenters. The van der Waals surface area contributed by atoms with Gasteiger partial charge in [0.2, 0.25) is 0 Å². The Morgan fingerprint density at radius 2 is 1.10 bits per heavy atom. The topological polar surface area (TPSA) is 81.0 Å². The highest BCUT2D eigenvalue weighted by Gasteiger charge is 2.09. The first kappa shape index (κ1) is 30.4. The number of aryl methyl sites for hydroxylation is 2. The van der Waals surface area contributed by atoms with E-state index in [1.54, 1.807) is 9.80 Å². The molecule has 0 bridgehead atoms. The highest BCUT2D eigenvalue weighted by molar-refractivity contribution is 7.80. The van der Waals surface area contributed by atoms with Gasteiger partial charge in [0, 0.05) is 49.7 Å². The van der Waals surface area contributed by atoms with Crippen molar-refractivity contribution in [2.24, 2.45) is 10.2 Å². The normalized spacial score (nSPS) is 11.0. The fourth-order valence-electron chi connectivity index (χ4n) is 3.62. The summed E-state index contributed by atoms with van der Waals surface area (Å²) in [4.78, 5) is 11.6. The lowest BCUT2D eigenvalue weighted by Crippen LogP contribution is -2.30. The summed E-state index contributed by atoms with van der Waals surface area (Å²) in [5.41, 5.74) is 8.37. The molecule has 0 unspecified atom stereocenters. The number of hydrogen-bond acceptors (Lipinski definition) is 6. The molecule has 208 valence electrons. The van der Waals surface area contributed by atoms with Gasteiger partial charge in [0.25, 0.3) is 0 Å². The molecule has 4 rings (SSSR count). The van der Waals surface area contributed by atoms with Crippen LogP contribution in [0, 0.1) is 25.5 Å². The molecule has 12 heteroatoms. The molecule has 40 heavy (non-hydrogen) atoms. The summed E-state index contributed by atoms with van der Waals surface area (Å²) < 4.78 is 27.7. The van der Waals surface area contributed by atoms with Crippen LogP contribution in [-0.2, 0) is 0 Å². The fraction of sp³-hybridized carbons (Fsp3) is 0.214. The standard InChI is InChI=1S/2C14H15FN4S/c2*1-9-5-4-6-10-12(16-7-11(15)13(9)10)8-17-18-14(20)19(2)3/h2*4-8H,1-3H3,(H,18,20)/b17-8+;17-8-. The van der Waals surface area contributed by atoms with Gasteiger partial charge in [0.15, 0.2) is 10.2 Å². The Kier molecular flexibility index (Phi) is 10.5. The molecular formula is C28H30F2N8S2. The predicted octanol–water partition coefficient (Wildman–Crippen LogP) is 4.90. The number of nitrogens with zero attached hydrogens (tertiary/aromatic N) is 6. The van der Waals surface area contributed by atoms with Crippen LogP contribution in [0.15, 0.2) is 59.0 Å². The first-order valence-corrected chi connectivity index (χ1v) is 12.9. The van der Waals surface area contributed by atoms with E-state index < -0.39 is 0 Å². The maximum atomic E-state index is 13.8. The summed E-state index contributed by atoms with van der Waals surface area (Å²) in [6.07, 6.45) is 5.50. The van der Waals surface area contributed by atoms with Crippen LogP contribution < -0.4 is 10.9 Å². The Hall–Kier alpha value is -4.16. The molecule has 2 heterocycles. The van der Waals surface area contributed by atoms with E-state index in [0.717, 1.165) is 21.9 Å². The van der Waals surface area contributed by atoms with E-state index in [1.807, 2.05) is 78.4 Å². The molecule has 0 aliphatic carbocycles. The quantitative estimate of drug-likeness (QED) is 0.200. The largest absolute Gasteiger partial charge is 0.354 e. The lowest BCUT2D eigenvalue weighted by atomic mass is 10.1. The molecule has 0 aliphatic rings. The van der Waals surface area contributed by atoms with Gasteiger partial charge in [-0.3, -0.25) is 20.8 Å². The van der Waals surface area contributed by atoms with Crippen LogP contribution in [-0.4, -0.2) is 70.6 Å². The summed E-state index contributed by atoms with van der Waals surface area (Å²) in [7, 11) is 7.28. The number of hydrogen-bond donors (Lipinski definition) is 2. The fourth-order valence-corrected chi connectivity index (χ4v) is 3.73. The summed E-state index contributed by atoms with van der Waals surface area (Å²) in [5.74, 6) is -0.654. The third kappa shape index (κ3) is 7.48. The zero-order valence-electron chi connectivity index (χ0n) is 23.0. The molecule has 0 fully saturated rings. The number of thiocarbonyl (C=S) groups is 2. The monoisotopic (exact) mass is 580 g/mol. The Bertz CT molecular complexity index is 1470. The zero-order valence-corrected chi connectivity index (χ0v) is 24.7. The summed E-state index contributed by atoms with van der Waals surface area (Å²) >= 11 is 10.1. The van der Waals surface area contributed by atoms with Crippen molar-refractivity contribution in [3.05, 3.63) is 82.9 Å². The second kappa shape index (κ2) is 13.8. The third-order valence-electron chi connectivity index (χ3n) is 5.72. The highest BCUT2D eigenvalue weighted by Crippen LogP contribution is 2.23. The lowest BCUT2D eigenvalue weighted by molar-refractivity contribution is 0.606. The van der Waals surface area contributed by atoms with Crippen molar-refractivity contribution in [3.63, 3.8) is 0 Å². The second-order valence-corrected chi connectivity index (χ2v) is 9.89. The number of fused-ring (bicyclic) bond motifs is 2. The Balaban J connectivity index is 0.000000220. The summed E-state index contributed by atoms with van der Waals surface area (Å²) in [6.45, 7) is 3.73. The van der Waals surface area contributed by atoms with Crippen molar-refractivity contribution >= 4 is 68.6 Å². The van der Waals surface area contributed by atoms with Crippen molar-refractivity contribution in [1.29, 1.82) is 0 Å². The van der Waals surface area contributed by atoms with Gasteiger partial charge in [-0.2, -0.15) is 10.2 Å². The molecule has 0 radical (unpaired) electrons. The average molecular weight is 581 g/mol. The van der Waals surface area contributed by atoms with Crippen LogP contribution in [0.25, 0.3) is 21.5 Å². The number of rotatable bonds is 4. The molecule has 2 N–H and O–H groups in total. The Morgan fingerprint density at radius 3 is 1.45 bits per heavy atom. The number of benzene rings is 2. The van der Waals surface area contributed by atoms with Crippen molar-refractivity contribution in [2.75, 3.05) is 28.2 Å². The molecular weight excluding hydrogens is 550 g/mol. The molecule has 2 aromatic heterocycles. The van der Waals surface area contributed by atoms with E-state index >= 15 is 0 Å². The van der Waals surface area contributed by atoms with E-state index in [4.69, 9.17) is 24.4 Å². The smallest absolute Gasteiger partial charge is 0.189 e. The van der Waals surface area contributed by atoms with Crippen LogP contribution in [0.3, 0.4) is 0 Å². The molecule has 0 saturated carbocycles. The van der Waals surface area contributed by atoms with Crippen LogP contribution in [0.4, 0.5) is 8.78 Å². The molecule has 4 aromatic rings. The van der Waals surface area contributed by atoms with Gasteiger partial charge >= 0.3 is 0 Å². The molecule has 2 aromatic carbocycles. The van der Waals surface area contributed by atoms with E-state index in [2.05, 4.69) is 31.0 Å². The van der Waals surface area contributed by atoms with Gasteiger partial charge in [-0.05, 0) is 49.4 Å². The Morgan fingerprint density at radius 1 is 0.725 bits per heavy atom. The van der Waals surface area contributed by atoms with Crippen molar-refractivity contribution < 1.29 is 8.78 Å². The number of halogens is 2. The minimum Gasteiger partial charge on any atom is -0.354 e. The minimum atomic E-state index is -0.327. The lowest BCUT2D eigenvalue weighted by Gasteiger charge is -2.11. The van der Waals surface area contributed by atoms with Gasteiger partial charge in [0.05, 0.1) is 36.2 Å². The van der Waals surface area contributed by atoms with Crippen LogP contribution in [0.1, 0.15) is 22.5 Å². The molecule has 0 spiro atoms. The summed E-state index contributed by atoms with van der Waals surface area (Å²) in [6, 6.07) is 11.1. The average Bonchev–Trinajstić information content (AvgIpc) is 2.91. The summed E-state index contributed by atoms with van der Waals surface area (Å²) in [5, 5.41) is 11.6. The maximum Gasteiger partial charge on any atom is 0.189 e. The number of nitrogens with one attached hydrogen (secondary N) is 2. The van der Waals surface area contributed by atoms with Crippen molar-refractivity contribution in [1.82, 2.24) is 30.6 Å². The minimum absolute atomic E-state index is 0.327. The third-order valence-corrected chi connectivity index (χ3v) is 6.63. The van der Waals surface area contributed by atoms with Crippen molar-refractivity contribution in [3.8, 4) is 0 Å². The first-order chi connectivity index (χ1) is 19.0. The number of hydrazone groups is 2. The SMILES string of the molecule is Cc1cccc2c(/C=N/NC(=S)N(C)C)ncc(F)c12.Cc1cccc2c(/C=N\NC(=S)N(C)C)ncc(F)c12. The predicted molar refractivity (Wildman–Crippen MR) is 167 cm³/mol. The molecule has 8 nitrogen and oxygen atoms in total. The van der Waals surface area contributed by atoms with E-state index in [-0.39, 0.29) is 11.6 Å². The van der Waals surface area contributed by atoms with Crippen LogP contribution in [0.2, 0.25) is 0 Å². The van der Waals surface area contributed by atoms with Crippen molar-refractivity contribution in [2.45, 2.75) is 13.8 Å². The molecule has 0 amide bonds. The van der Waals surface area contributed by atoms with Gasteiger partial charge < -0.3 is 9.80 Å². The zero-order chi connectivity index (χ0) is 29.4. The number of pyridine rings is 2. The van der Waals surface area contributed by atoms with Crippen LogP contribution >= 0.6 is 24.4 Å². The van der Waals surface area contributed by atoms with Gasteiger partial charge in [0.1, 0.15) is 11.6 Å². The van der Waals surface area contributed by atoms with Crippen LogP contribution in [0.5, 0.6) is 0 Å². The number of aromatic nitrogens is 2. The van der Waals surface area contributed by atoms with E-state index in [0.29, 0.717) is 32.4 Å². The second-order valence-electron chi connectivity index (χ2n) is 9.12. The molecule has 0 aliphatic heterocycles. The maximum absolute atomic E-state index is 13.8. The highest BCUT2D eigenvalue weighted by atomic mass is 32.1. The van der Waals surface area contributed by atoms with Gasteiger partial charge in [-0.15, -0.1) is 0 Å². The van der Waals surface area contributed by atoms with E-state index in [9.17, 15) is 8.78 Å². The van der Waals surface area contributed by atoms with Gasteiger partial charge in [-0.25, -0.2) is 8.78 Å². The van der Waals surface area contributed by atoms with E-state index in [1.165, 1.54) is 24.8 Å².